The number of ether oxygens (including phenoxy) is 1. The first kappa shape index (κ1) is 14.6. The highest BCUT2D eigenvalue weighted by atomic mass is 16.5. The van der Waals surface area contributed by atoms with E-state index in [2.05, 4.69) is 10.5 Å². The molecule has 0 heterocycles. The summed E-state index contributed by atoms with van der Waals surface area (Å²) in [4.78, 5) is 11.5. The summed E-state index contributed by atoms with van der Waals surface area (Å²) in [5.41, 5.74) is 4.17. The Morgan fingerprint density at radius 1 is 1.29 bits per heavy atom. The van der Waals surface area contributed by atoms with E-state index in [9.17, 15) is 9.90 Å². The van der Waals surface area contributed by atoms with Crippen molar-refractivity contribution >= 4 is 12.1 Å². The molecule has 0 spiro atoms. The molecule has 2 aromatic carbocycles. The fourth-order valence-corrected chi connectivity index (χ4v) is 1.60. The zero-order chi connectivity index (χ0) is 15.1. The molecule has 0 radical (unpaired) electrons. The molecule has 1 amide bonds. The summed E-state index contributed by atoms with van der Waals surface area (Å²) < 4.78 is 5.32. The Balaban J connectivity index is 1.78. The van der Waals surface area contributed by atoms with E-state index < -0.39 is 0 Å². The second kappa shape index (κ2) is 7.09. The predicted molar refractivity (Wildman–Crippen MR) is 80.5 cm³/mol. The summed E-state index contributed by atoms with van der Waals surface area (Å²) in [6, 6.07) is 14.0. The van der Waals surface area contributed by atoms with E-state index in [-0.39, 0.29) is 18.3 Å². The van der Waals surface area contributed by atoms with Gasteiger partial charge in [0.05, 0.1) is 6.21 Å². The van der Waals surface area contributed by atoms with Crippen LogP contribution < -0.4 is 10.2 Å². The maximum Gasteiger partial charge on any atom is 0.277 e. The quantitative estimate of drug-likeness (QED) is 0.653. The molecule has 108 valence electrons. The molecule has 0 aliphatic heterocycles. The molecule has 0 aliphatic rings. The molecule has 5 nitrogen and oxygen atoms in total. The van der Waals surface area contributed by atoms with Crippen molar-refractivity contribution in [1.29, 1.82) is 0 Å². The highest BCUT2D eigenvalue weighted by Crippen LogP contribution is 2.11. The van der Waals surface area contributed by atoms with Crippen LogP contribution in [0.25, 0.3) is 0 Å². The standard InChI is InChI=1S/C16H16N2O3/c1-12-5-7-15(8-6-12)21-11-16(20)18-17-10-13-3-2-4-14(19)9-13/h2-10,19H,11H2,1H3,(H,18,20). The Morgan fingerprint density at radius 2 is 2.05 bits per heavy atom. The molecule has 0 aromatic heterocycles. The zero-order valence-corrected chi connectivity index (χ0v) is 11.6. The number of benzene rings is 2. The number of aromatic hydroxyl groups is 1. The fourth-order valence-electron chi connectivity index (χ4n) is 1.60. The lowest BCUT2D eigenvalue weighted by Crippen LogP contribution is -2.24. The molecule has 5 heteroatoms. The Labute approximate surface area is 122 Å². The molecule has 0 fully saturated rings. The van der Waals surface area contributed by atoms with Gasteiger partial charge in [-0.15, -0.1) is 0 Å². The van der Waals surface area contributed by atoms with Crippen LogP contribution in [0.1, 0.15) is 11.1 Å². The number of hydrogen-bond acceptors (Lipinski definition) is 4. The third-order valence-electron chi connectivity index (χ3n) is 2.66. The lowest BCUT2D eigenvalue weighted by molar-refractivity contribution is -0.123. The number of rotatable bonds is 5. The van der Waals surface area contributed by atoms with Crippen molar-refractivity contribution in [1.82, 2.24) is 5.43 Å². The molecule has 0 bridgehead atoms. The highest BCUT2D eigenvalue weighted by Gasteiger charge is 2.01. The molecular weight excluding hydrogens is 268 g/mol. The minimum absolute atomic E-state index is 0.111. The molecule has 0 aliphatic carbocycles. The summed E-state index contributed by atoms with van der Waals surface area (Å²) in [5.74, 6) is 0.424. The van der Waals surface area contributed by atoms with Crippen molar-refractivity contribution < 1.29 is 14.6 Å². The molecule has 0 unspecified atom stereocenters. The predicted octanol–water partition coefficient (Wildman–Crippen LogP) is 2.23. The average Bonchev–Trinajstić information content (AvgIpc) is 2.47. The minimum atomic E-state index is -0.355. The number of nitrogens with zero attached hydrogens (tertiary/aromatic N) is 1. The topological polar surface area (TPSA) is 70.9 Å². The van der Waals surface area contributed by atoms with Crippen molar-refractivity contribution in [2.24, 2.45) is 5.10 Å². The van der Waals surface area contributed by atoms with Crippen molar-refractivity contribution in [3.63, 3.8) is 0 Å². The van der Waals surface area contributed by atoms with Crippen LogP contribution in [-0.2, 0) is 4.79 Å². The largest absolute Gasteiger partial charge is 0.508 e. The van der Waals surface area contributed by atoms with Gasteiger partial charge in [0, 0.05) is 0 Å². The van der Waals surface area contributed by atoms with Crippen LogP contribution in [0.3, 0.4) is 0 Å². The van der Waals surface area contributed by atoms with Crippen LogP contribution in [-0.4, -0.2) is 23.8 Å². The lowest BCUT2D eigenvalue weighted by Gasteiger charge is -2.05. The van der Waals surface area contributed by atoms with Gasteiger partial charge in [0.2, 0.25) is 0 Å². The summed E-state index contributed by atoms with van der Waals surface area (Å²) in [6.07, 6.45) is 1.45. The van der Waals surface area contributed by atoms with E-state index in [4.69, 9.17) is 4.74 Å². The Morgan fingerprint density at radius 3 is 2.76 bits per heavy atom. The third-order valence-corrected chi connectivity index (χ3v) is 2.66. The van der Waals surface area contributed by atoms with E-state index in [0.717, 1.165) is 5.56 Å². The number of nitrogens with one attached hydrogen (secondary N) is 1. The van der Waals surface area contributed by atoms with Gasteiger partial charge >= 0.3 is 0 Å². The SMILES string of the molecule is Cc1ccc(OCC(=O)NN=Cc2cccc(O)c2)cc1. The van der Waals surface area contributed by atoms with Crippen LogP contribution in [0.2, 0.25) is 0 Å². The smallest absolute Gasteiger partial charge is 0.277 e. The van der Waals surface area contributed by atoms with Crippen molar-refractivity contribution in [2.45, 2.75) is 6.92 Å². The maximum absolute atomic E-state index is 11.5. The third kappa shape index (κ3) is 4.99. The average molecular weight is 284 g/mol. The number of hydrogen-bond donors (Lipinski definition) is 2. The molecule has 0 saturated carbocycles. The fraction of sp³-hybridized carbons (Fsp3) is 0.125. The van der Waals surface area contributed by atoms with Crippen LogP contribution in [0.15, 0.2) is 53.6 Å². The monoisotopic (exact) mass is 284 g/mol. The van der Waals surface area contributed by atoms with Gasteiger partial charge in [-0.25, -0.2) is 5.43 Å². The maximum atomic E-state index is 11.5. The Hall–Kier alpha value is -2.82. The number of amides is 1. The molecule has 2 rings (SSSR count). The summed E-state index contributed by atoms with van der Waals surface area (Å²) in [7, 11) is 0. The second-order valence-corrected chi connectivity index (χ2v) is 4.49. The molecular formula is C16H16N2O3. The van der Waals surface area contributed by atoms with Crippen LogP contribution in [0, 0.1) is 6.92 Å². The normalized spacial score (nSPS) is 10.5. The Bertz CT molecular complexity index is 636. The van der Waals surface area contributed by atoms with Gasteiger partial charge in [0.25, 0.3) is 5.91 Å². The van der Waals surface area contributed by atoms with Crippen molar-refractivity contribution in [2.75, 3.05) is 6.61 Å². The highest BCUT2D eigenvalue weighted by molar-refractivity contribution is 5.83. The van der Waals surface area contributed by atoms with Gasteiger partial charge in [-0.1, -0.05) is 29.8 Å². The number of phenols is 1. The zero-order valence-electron chi connectivity index (χ0n) is 11.6. The van der Waals surface area contributed by atoms with Gasteiger partial charge < -0.3 is 9.84 Å². The molecule has 0 saturated heterocycles. The Kier molecular flexibility index (Phi) is 4.93. The van der Waals surface area contributed by atoms with E-state index in [1.807, 2.05) is 19.1 Å². The number of carbonyl (C=O) groups excluding carboxylic acids is 1. The molecule has 21 heavy (non-hydrogen) atoms. The number of hydrazone groups is 1. The second-order valence-electron chi connectivity index (χ2n) is 4.49. The van der Waals surface area contributed by atoms with Crippen molar-refractivity contribution in [3.8, 4) is 11.5 Å². The van der Waals surface area contributed by atoms with E-state index in [1.54, 1.807) is 36.4 Å². The number of carbonyl (C=O) groups is 1. The molecule has 2 N–H and O–H groups in total. The van der Waals surface area contributed by atoms with Crippen LogP contribution in [0.5, 0.6) is 11.5 Å². The summed E-state index contributed by atoms with van der Waals surface area (Å²) in [6.45, 7) is 1.87. The first-order chi connectivity index (χ1) is 10.1. The van der Waals surface area contributed by atoms with Crippen LogP contribution >= 0.6 is 0 Å². The summed E-state index contributed by atoms with van der Waals surface area (Å²) >= 11 is 0. The van der Waals surface area contributed by atoms with Gasteiger partial charge in [-0.05, 0) is 36.8 Å². The van der Waals surface area contributed by atoms with Crippen LogP contribution in [0.4, 0.5) is 0 Å². The first-order valence-corrected chi connectivity index (χ1v) is 6.44. The summed E-state index contributed by atoms with van der Waals surface area (Å²) in [5, 5.41) is 13.1. The lowest BCUT2D eigenvalue weighted by atomic mass is 10.2. The molecule has 0 atom stereocenters. The van der Waals surface area contributed by atoms with Gasteiger partial charge in [0.1, 0.15) is 11.5 Å². The van der Waals surface area contributed by atoms with E-state index >= 15 is 0 Å². The number of aryl methyl sites for hydroxylation is 1. The van der Waals surface area contributed by atoms with Gasteiger partial charge in [0.15, 0.2) is 6.61 Å². The first-order valence-electron chi connectivity index (χ1n) is 6.44. The molecule has 2 aromatic rings. The van der Waals surface area contributed by atoms with Gasteiger partial charge in [-0.2, -0.15) is 5.10 Å². The van der Waals surface area contributed by atoms with E-state index in [1.165, 1.54) is 6.21 Å². The number of phenolic OH excluding ortho intramolecular Hbond substituents is 1. The van der Waals surface area contributed by atoms with Crippen molar-refractivity contribution in [3.05, 3.63) is 59.7 Å². The van der Waals surface area contributed by atoms with Gasteiger partial charge in [-0.3, -0.25) is 4.79 Å². The van der Waals surface area contributed by atoms with E-state index in [0.29, 0.717) is 11.3 Å². The minimum Gasteiger partial charge on any atom is -0.508 e.